The summed E-state index contributed by atoms with van der Waals surface area (Å²) in [7, 11) is 1.89. The molecule has 1 aliphatic rings. The van der Waals surface area contributed by atoms with Crippen LogP contribution < -0.4 is 10.1 Å². The minimum atomic E-state index is 0.227. The first-order chi connectivity index (χ1) is 8.48. The molecule has 18 heavy (non-hydrogen) atoms. The molecule has 1 aliphatic carbocycles. The highest BCUT2D eigenvalue weighted by Gasteiger charge is 2.33. The molecule has 2 unspecified atom stereocenters. The molecule has 0 aliphatic heterocycles. The predicted molar refractivity (Wildman–Crippen MR) is 70.5 cm³/mol. The van der Waals surface area contributed by atoms with Crippen molar-refractivity contribution >= 4 is 0 Å². The van der Waals surface area contributed by atoms with E-state index in [9.17, 15) is 0 Å². The molecule has 1 fully saturated rings. The fourth-order valence-electron chi connectivity index (χ4n) is 3.10. The van der Waals surface area contributed by atoms with Crippen molar-refractivity contribution in [3.8, 4) is 6.08 Å². The second-order valence-corrected chi connectivity index (χ2v) is 6.29. The standard InChI is InChI=1S/C14H24N2O2/c1-10-5-12(7-14(2,3)6-10)18-13-16-11(8-15-4)9-17-13/h9-10,12,15H,5-8H2,1-4H3. The van der Waals surface area contributed by atoms with Gasteiger partial charge in [-0.15, -0.1) is 0 Å². The molecule has 2 rings (SSSR count). The van der Waals surface area contributed by atoms with Crippen LogP contribution in [0.5, 0.6) is 6.08 Å². The number of nitrogens with zero attached hydrogens (tertiary/aromatic N) is 1. The van der Waals surface area contributed by atoms with Gasteiger partial charge in [-0.1, -0.05) is 20.8 Å². The summed E-state index contributed by atoms with van der Waals surface area (Å²) in [5, 5.41) is 3.04. The summed E-state index contributed by atoms with van der Waals surface area (Å²) in [6.45, 7) is 7.61. The second kappa shape index (κ2) is 5.31. The molecule has 102 valence electrons. The SMILES string of the molecule is CNCc1coc(OC2CC(C)CC(C)(C)C2)n1. The third kappa shape index (κ3) is 3.48. The lowest BCUT2D eigenvalue weighted by molar-refractivity contribution is 0.0365. The molecular weight excluding hydrogens is 228 g/mol. The Morgan fingerprint density at radius 2 is 2.28 bits per heavy atom. The van der Waals surface area contributed by atoms with Crippen molar-refractivity contribution in [3.63, 3.8) is 0 Å². The molecule has 0 bridgehead atoms. The maximum Gasteiger partial charge on any atom is 0.394 e. The average Bonchev–Trinajstić information content (AvgIpc) is 2.62. The topological polar surface area (TPSA) is 47.3 Å². The molecule has 1 aromatic rings. The van der Waals surface area contributed by atoms with E-state index in [2.05, 4.69) is 31.1 Å². The maximum absolute atomic E-state index is 5.88. The fraction of sp³-hybridized carbons (Fsp3) is 0.786. The van der Waals surface area contributed by atoms with E-state index in [0.29, 0.717) is 24.0 Å². The van der Waals surface area contributed by atoms with Gasteiger partial charge in [0.05, 0.1) is 5.69 Å². The first-order valence-electron chi connectivity index (χ1n) is 6.74. The van der Waals surface area contributed by atoms with E-state index in [1.807, 2.05) is 7.05 Å². The smallest absolute Gasteiger partial charge is 0.394 e. The van der Waals surface area contributed by atoms with Gasteiger partial charge in [-0.25, -0.2) is 0 Å². The minimum Gasteiger partial charge on any atom is -0.447 e. The number of ether oxygens (including phenoxy) is 1. The first-order valence-corrected chi connectivity index (χ1v) is 6.74. The normalized spacial score (nSPS) is 27.1. The zero-order valence-electron chi connectivity index (χ0n) is 11.8. The van der Waals surface area contributed by atoms with Crippen LogP contribution in [-0.2, 0) is 6.54 Å². The van der Waals surface area contributed by atoms with E-state index in [1.165, 1.54) is 6.42 Å². The van der Waals surface area contributed by atoms with Crippen LogP contribution >= 0.6 is 0 Å². The van der Waals surface area contributed by atoms with Gasteiger partial charge in [0.1, 0.15) is 12.4 Å². The van der Waals surface area contributed by atoms with Crippen molar-refractivity contribution in [2.24, 2.45) is 11.3 Å². The Balaban J connectivity index is 1.95. The molecule has 4 heteroatoms. The fourth-order valence-corrected chi connectivity index (χ4v) is 3.10. The second-order valence-electron chi connectivity index (χ2n) is 6.29. The molecule has 0 spiro atoms. The van der Waals surface area contributed by atoms with Gasteiger partial charge in [0, 0.05) is 6.54 Å². The molecule has 4 nitrogen and oxygen atoms in total. The molecule has 1 N–H and O–H groups in total. The van der Waals surface area contributed by atoms with Crippen LogP contribution in [0, 0.1) is 11.3 Å². The lowest BCUT2D eigenvalue weighted by Crippen LogP contribution is -2.34. The van der Waals surface area contributed by atoms with Crippen LogP contribution in [0.2, 0.25) is 0 Å². The molecule has 0 radical (unpaired) electrons. The molecule has 2 atom stereocenters. The van der Waals surface area contributed by atoms with Crippen LogP contribution in [0.4, 0.5) is 0 Å². The van der Waals surface area contributed by atoms with Gasteiger partial charge in [-0.2, -0.15) is 4.98 Å². The number of oxazole rings is 1. The maximum atomic E-state index is 5.88. The Morgan fingerprint density at radius 1 is 1.50 bits per heavy atom. The van der Waals surface area contributed by atoms with Crippen LogP contribution in [0.1, 0.15) is 45.7 Å². The summed E-state index contributed by atoms with van der Waals surface area (Å²) in [6, 6.07) is 0. The third-order valence-electron chi connectivity index (χ3n) is 3.50. The van der Waals surface area contributed by atoms with Gasteiger partial charge in [0.2, 0.25) is 0 Å². The van der Waals surface area contributed by atoms with Gasteiger partial charge >= 0.3 is 6.08 Å². The number of hydrogen-bond acceptors (Lipinski definition) is 4. The van der Waals surface area contributed by atoms with E-state index in [4.69, 9.17) is 9.15 Å². The van der Waals surface area contributed by atoms with Crippen LogP contribution in [0.15, 0.2) is 10.7 Å². The van der Waals surface area contributed by atoms with Crippen molar-refractivity contribution in [2.45, 2.75) is 52.7 Å². The molecular formula is C14H24N2O2. The summed E-state index contributed by atoms with van der Waals surface area (Å²) in [5.41, 5.74) is 1.23. The molecule has 0 saturated heterocycles. The largest absolute Gasteiger partial charge is 0.447 e. The molecule has 1 aromatic heterocycles. The Hall–Kier alpha value is -1.03. The van der Waals surface area contributed by atoms with Crippen molar-refractivity contribution in [2.75, 3.05) is 7.05 Å². The van der Waals surface area contributed by atoms with Crippen molar-refractivity contribution in [1.82, 2.24) is 10.3 Å². The summed E-state index contributed by atoms with van der Waals surface area (Å²) < 4.78 is 11.2. The Labute approximate surface area is 109 Å². The number of rotatable bonds is 4. The lowest BCUT2D eigenvalue weighted by Gasteiger charge is -2.38. The monoisotopic (exact) mass is 252 g/mol. The van der Waals surface area contributed by atoms with Crippen molar-refractivity contribution in [3.05, 3.63) is 12.0 Å². The highest BCUT2D eigenvalue weighted by molar-refractivity contribution is 5.00. The van der Waals surface area contributed by atoms with E-state index in [-0.39, 0.29) is 6.10 Å². The molecule has 1 heterocycles. The van der Waals surface area contributed by atoms with Gasteiger partial charge < -0.3 is 14.5 Å². The van der Waals surface area contributed by atoms with E-state index in [1.54, 1.807) is 6.26 Å². The van der Waals surface area contributed by atoms with Gasteiger partial charge in [0.15, 0.2) is 0 Å². The minimum absolute atomic E-state index is 0.227. The van der Waals surface area contributed by atoms with E-state index < -0.39 is 0 Å². The summed E-state index contributed by atoms with van der Waals surface area (Å²) in [4.78, 5) is 4.32. The summed E-state index contributed by atoms with van der Waals surface area (Å²) >= 11 is 0. The highest BCUT2D eigenvalue weighted by Crippen LogP contribution is 2.39. The van der Waals surface area contributed by atoms with Crippen LogP contribution in [0.3, 0.4) is 0 Å². The zero-order chi connectivity index (χ0) is 13.2. The Kier molecular flexibility index (Phi) is 3.95. The molecule has 0 amide bonds. The number of nitrogens with one attached hydrogen (secondary N) is 1. The van der Waals surface area contributed by atoms with E-state index in [0.717, 1.165) is 18.5 Å². The molecule has 1 saturated carbocycles. The highest BCUT2D eigenvalue weighted by atomic mass is 16.6. The van der Waals surface area contributed by atoms with Gasteiger partial charge in [-0.05, 0) is 37.6 Å². The lowest BCUT2D eigenvalue weighted by atomic mass is 9.71. The molecule has 0 aromatic carbocycles. The number of hydrogen-bond donors (Lipinski definition) is 1. The van der Waals surface area contributed by atoms with E-state index >= 15 is 0 Å². The van der Waals surface area contributed by atoms with Gasteiger partial charge in [-0.3, -0.25) is 0 Å². The quantitative estimate of drug-likeness (QED) is 0.895. The van der Waals surface area contributed by atoms with Gasteiger partial charge in [0.25, 0.3) is 0 Å². The zero-order valence-corrected chi connectivity index (χ0v) is 11.8. The van der Waals surface area contributed by atoms with Crippen LogP contribution in [-0.4, -0.2) is 18.1 Å². The average molecular weight is 252 g/mol. The predicted octanol–water partition coefficient (Wildman–Crippen LogP) is 2.99. The Bertz CT molecular complexity index is 387. The van der Waals surface area contributed by atoms with Crippen molar-refractivity contribution < 1.29 is 9.15 Å². The first kappa shape index (κ1) is 13.4. The Morgan fingerprint density at radius 3 is 2.94 bits per heavy atom. The summed E-state index contributed by atoms with van der Waals surface area (Å²) in [5.74, 6) is 0.700. The third-order valence-corrected chi connectivity index (χ3v) is 3.50. The summed E-state index contributed by atoms with van der Waals surface area (Å²) in [6.07, 6.45) is 5.72. The van der Waals surface area contributed by atoms with Crippen molar-refractivity contribution in [1.29, 1.82) is 0 Å². The number of aromatic nitrogens is 1. The van der Waals surface area contributed by atoms with Crippen LogP contribution in [0.25, 0.3) is 0 Å².